The third-order valence-electron chi connectivity index (χ3n) is 4.82. The van der Waals surface area contributed by atoms with Crippen molar-refractivity contribution >= 4 is 34.8 Å². The molecule has 30 heavy (non-hydrogen) atoms. The van der Waals surface area contributed by atoms with Crippen LogP contribution < -0.4 is 5.32 Å². The molecule has 3 aromatic rings. The Balaban J connectivity index is 0.000000806. The molecule has 8 nitrogen and oxygen atoms in total. The van der Waals surface area contributed by atoms with E-state index in [9.17, 15) is 9.50 Å². The number of likely N-dealkylation sites (tertiary alicyclic amines) is 1. The SMILES string of the molecule is CN1CCC[C@@H](Nc2nnc(-c3c(F)ccc(Cl)c3O)c3ncccc23)C1.O=CO. The van der Waals surface area contributed by atoms with Gasteiger partial charge in [0.15, 0.2) is 5.82 Å². The molecule has 10 heteroatoms. The highest BCUT2D eigenvalue weighted by atomic mass is 35.5. The number of anilines is 1. The van der Waals surface area contributed by atoms with E-state index in [1.165, 1.54) is 12.1 Å². The molecule has 1 fully saturated rings. The summed E-state index contributed by atoms with van der Waals surface area (Å²) in [6.07, 6.45) is 3.75. The third kappa shape index (κ3) is 4.58. The van der Waals surface area contributed by atoms with Crippen molar-refractivity contribution in [2.45, 2.75) is 18.9 Å². The lowest BCUT2D eigenvalue weighted by atomic mass is 10.0. The Morgan fingerprint density at radius 2 is 2.10 bits per heavy atom. The van der Waals surface area contributed by atoms with Crippen molar-refractivity contribution in [2.75, 3.05) is 25.5 Å². The van der Waals surface area contributed by atoms with Crippen LogP contribution in [-0.4, -0.2) is 62.9 Å². The maximum Gasteiger partial charge on any atom is 0.290 e. The van der Waals surface area contributed by atoms with Crippen LogP contribution in [-0.2, 0) is 4.79 Å². The highest BCUT2D eigenvalue weighted by Gasteiger charge is 2.22. The average molecular weight is 434 g/mol. The normalized spacial score (nSPS) is 16.6. The van der Waals surface area contributed by atoms with Gasteiger partial charge in [0.2, 0.25) is 0 Å². The molecule has 0 aliphatic carbocycles. The maximum atomic E-state index is 14.4. The van der Waals surface area contributed by atoms with Crippen LogP contribution in [0.15, 0.2) is 30.5 Å². The van der Waals surface area contributed by atoms with Crippen LogP contribution in [0, 0.1) is 5.82 Å². The van der Waals surface area contributed by atoms with Gasteiger partial charge in [-0.2, -0.15) is 0 Å². The van der Waals surface area contributed by atoms with Crippen LogP contribution in [0.25, 0.3) is 22.2 Å². The largest absolute Gasteiger partial charge is 0.506 e. The van der Waals surface area contributed by atoms with Gasteiger partial charge in [-0.1, -0.05) is 11.6 Å². The highest BCUT2D eigenvalue weighted by molar-refractivity contribution is 6.32. The van der Waals surface area contributed by atoms with Gasteiger partial charge >= 0.3 is 0 Å². The summed E-state index contributed by atoms with van der Waals surface area (Å²) in [5, 5.41) is 29.8. The zero-order valence-corrected chi connectivity index (χ0v) is 17.0. The van der Waals surface area contributed by atoms with Gasteiger partial charge in [-0.05, 0) is 50.7 Å². The number of rotatable bonds is 3. The van der Waals surface area contributed by atoms with Crippen molar-refractivity contribution in [1.29, 1.82) is 0 Å². The lowest BCUT2D eigenvalue weighted by Gasteiger charge is -2.30. The van der Waals surface area contributed by atoms with Crippen molar-refractivity contribution in [1.82, 2.24) is 20.1 Å². The molecule has 1 aliphatic rings. The number of aromatic nitrogens is 3. The second-order valence-corrected chi connectivity index (χ2v) is 7.31. The van der Waals surface area contributed by atoms with Gasteiger partial charge in [-0.25, -0.2) is 4.39 Å². The Morgan fingerprint density at radius 1 is 1.33 bits per heavy atom. The van der Waals surface area contributed by atoms with E-state index in [1.807, 2.05) is 6.07 Å². The number of likely N-dealkylation sites (N-methyl/N-ethyl adjacent to an activating group) is 1. The number of halogens is 2. The molecule has 0 bridgehead atoms. The summed E-state index contributed by atoms with van der Waals surface area (Å²) in [4.78, 5) is 15.0. The fourth-order valence-corrected chi connectivity index (χ4v) is 3.66. The monoisotopic (exact) mass is 433 g/mol. The van der Waals surface area contributed by atoms with Crippen LogP contribution >= 0.6 is 11.6 Å². The fraction of sp³-hybridized carbons (Fsp3) is 0.300. The lowest BCUT2D eigenvalue weighted by molar-refractivity contribution is -0.122. The molecule has 3 heterocycles. The zero-order chi connectivity index (χ0) is 21.7. The summed E-state index contributed by atoms with van der Waals surface area (Å²) < 4.78 is 14.4. The molecule has 158 valence electrons. The number of nitrogens with one attached hydrogen (secondary N) is 1. The molecule has 0 radical (unpaired) electrons. The van der Waals surface area contributed by atoms with Gasteiger partial charge in [-0.15, -0.1) is 10.2 Å². The smallest absolute Gasteiger partial charge is 0.290 e. The minimum atomic E-state index is -0.632. The number of nitrogens with zero attached hydrogens (tertiary/aromatic N) is 4. The zero-order valence-electron chi connectivity index (χ0n) is 16.2. The maximum absolute atomic E-state index is 14.4. The minimum absolute atomic E-state index is 0.0460. The van der Waals surface area contributed by atoms with Crippen molar-refractivity contribution in [3.05, 3.63) is 41.3 Å². The van der Waals surface area contributed by atoms with E-state index in [2.05, 4.69) is 32.4 Å². The number of aromatic hydroxyl groups is 1. The molecule has 0 spiro atoms. The number of carbonyl (C=O) groups is 1. The van der Waals surface area contributed by atoms with Crippen molar-refractivity contribution in [3.8, 4) is 17.0 Å². The molecule has 1 aliphatic heterocycles. The number of fused-ring (bicyclic) bond motifs is 1. The van der Waals surface area contributed by atoms with E-state index < -0.39 is 5.82 Å². The molecular formula is C20H21ClFN5O3. The number of hydrogen-bond acceptors (Lipinski definition) is 7. The van der Waals surface area contributed by atoms with Crippen molar-refractivity contribution in [3.63, 3.8) is 0 Å². The first kappa shape index (κ1) is 21.7. The summed E-state index contributed by atoms with van der Waals surface area (Å²) in [5.74, 6) is -0.399. The van der Waals surface area contributed by atoms with E-state index in [1.54, 1.807) is 12.3 Å². The third-order valence-corrected chi connectivity index (χ3v) is 5.12. The van der Waals surface area contributed by atoms with Crippen LogP contribution in [0.3, 0.4) is 0 Å². The first-order chi connectivity index (χ1) is 14.5. The Hall–Kier alpha value is -3.04. The predicted octanol–water partition coefficient (Wildman–Crippen LogP) is 3.40. The summed E-state index contributed by atoms with van der Waals surface area (Å²) in [5.41, 5.74) is 0.521. The minimum Gasteiger partial charge on any atom is -0.506 e. The van der Waals surface area contributed by atoms with Gasteiger partial charge in [0.25, 0.3) is 6.47 Å². The molecule has 1 aromatic carbocycles. The average Bonchev–Trinajstić information content (AvgIpc) is 2.73. The molecule has 0 unspecified atom stereocenters. The molecule has 1 atom stereocenters. The summed E-state index contributed by atoms with van der Waals surface area (Å²) in [7, 11) is 2.09. The van der Waals surface area contributed by atoms with Crippen molar-refractivity contribution in [2.24, 2.45) is 0 Å². The van der Waals surface area contributed by atoms with E-state index in [0.29, 0.717) is 11.3 Å². The van der Waals surface area contributed by atoms with Crippen LogP contribution in [0.2, 0.25) is 5.02 Å². The second-order valence-electron chi connectivity index (χ2n) is 6.90. The Bertz CT molecular complexity index is 1050. The van der Waals surface area contributed by atoms with Gasteiger partial charge in [-0.3, -0.25) is 9.78 Å². The van der Waals surface area contributed by atoms with Crippen LogP contribution in [0.5, 0.6) is 5.75 Å². The highest BCUT2D eigenvalue weighted by Crippen LogP contribution is 2.39. The molecule has 0 amide bonds. The van der Waals surface area contributed by atoms with E-state index >= 15 is 0 Å². The Kier molecular flexibility index (Phi) is 6.96. The molecule has 2 aromatic heterocycles. The van der Waals surface area contributed by atoms with E-state index in [0.717, 1.165) is 31.3 Å². The number of phenolic OH excluding ortho intramolecular Hbond substituents is 1. The number of carboxylic acid groups (broad SMARTS) is 1. The van der Waals surface area contributed by atoms with Gasteiger partial charge in [0, 0.05) is 24.2 Å². The van der Waals surface area contributed by atoms with Gasteiger partial charge in [0.1, 0.15) is 22.8 Å². The second kappa shape index (κ2) is 9.64. The van der Waals surface area contributed by atoms with Crippen LogP contribution in [0.4, 0.5) is 10.2 Å². The summed E-state index contributed by atoms with van der Waals surface area (Å²) in [6, 6.07) is 6.39. The number of benzene rings is 1. The Labute approximate surface area is 177 Å². The Morgan fingerprint density at radius 3 is 2.83 bits per heavy atom. The number of piperidine rings is 1. The van der Waals surface area contributed by atoms with Crippen LogP contribution in [0.1, 0.15) is 12.8 Å². The molecule has 1 saturated heterocycles. The first-order valence-electron chi connectivity index (χ1n) is 9.28. The number of pyridine rings is 1. The van der Waals surface area contributed by atoms with E-state index in [4.69, 9.17) is 21.5 Å². The quantitative estimate of drug-likeness (QED) is 0.539. The fourth-order valence-electron chi connectivity index (χ4n) is 3.51. The van der Waals surface area contributed by atoms with E-state index in [-0.39, 0.29) is 34.5 Å². The van der Waals surface area contributed by atoms with Gasteiger partial charge < -0.3 is 20.4 Å². The molecule has 0 saturated carbocycles. The standard InChI is InChI=1S/C19H19ClFN5O.CH2O2/c1-26-9-3-4-11(10-26)23-19-12-5-2-8-22-16(12)17(24-25-19)15-14(21)7-6-13(20)18(15)27;2-1-3/h2,5-8,11,27H,3-4,9-10H2,1H3,(H,23,25);1H,(H,2,3)/t11-;/m1./s1. The summed E-state index contributed by atoms with van der Waals surface area (Å²) >= 11 is 5.96. The molecule has 3 N–H and O–H groups in total. The lowest BCUT2D eigenvalue weighted by Crippen LogP contribution is -2.40. The topological polar surface area (TPSA) is 111 Å². The van der Waals surface area contributed by atoms with Crippen molar-refractivity contribution < 1.29 is 19.4 Å². The first-order valence-corrected chi connectivity index (χ1v) is 9.65. The number of phenols is 1. The summed E-state index contributed by atoms with van der Waals surface area (Å²) in [6.45, 7) is 1.74. The van der Waals surface area contributed by atoms with Gasteiger partial charge in [0.05, 0.1) is 10.6 Å². The predicted molar refractivity (Wildman–Crippen MR) is 112 cm³/mol. The molecule has 4 rings (SSSR count). The molecular weight excluding hydrogens is 413 g/mol. The number of hydrogen-bond donors (Lipinski definition) is 3.